The molecule has 258 valence electrons. The Morgan fingerprint density at radius 2 is 0.964 bits per heavy atom. The van der Waals surface area contributed by atoms with Crippen molar-refractivity contribution in [1.82, 2.24) is 9.13 Å². The van der Waals surface area contributed by atoms with Gasteiger partial charge in [0.1, 0.15) is 5.37 Å². The topological polar surface area (TPSA) is 21.9 Å². The van der Waals surface area contributed by atoms with Crippen LogP contribution in [0.3, 0.4) is 0 Å². The zero-order valence-electron chi connectivity index (χ0n) is 29.8. The van der Waals surface area contributed by atoms with Crippen LogP contribution in [0.15, 0.2) is 193 Å². The standard InChI is InChI=1S/C51H33N3S/c1-3-11-33(12-4-1)51-52-50-48(55-51)28-23-32-19-20-36-29-38(24-25-39(36)49(32)50)54-45-18-10-8-16-41(45)43-31-35(22-27-47(43)54)34-21-26-46-42(30-34)40-15-7-9-17-44(40)53(46)37-13-5-2-6-14-37/h1-31,51-52H. The van der Waals surface area contributed by atoms with E-state index in [9.17, 15) is 0 Å². The van der Waals surface area contributed by atoms with Gasteiger partial charge in [-0.15, -0.1) is 0 Å². The summed E-state index contributed by atoms with van der Waals surface area (Å²) in [5.41, 5.74) is 12.2. The van der Waals surface area contributed by atoms with Gasteiger partial charge in [0.15, 0.2) is 0 Å². The maximum absolute atomic E-state index is 3.88. The third-order valence-electron chi connectivity index (χ3n) is 11.5. The van der Waals surface area contributed by atoms with E-state index in [2.05, 4.69) is 203 Å². The fraction of sp³-hybridized carbons (Fsp3) is 0.0196. The van der Waals surface area contributed by atoms with Crippen molar-refractivity contribution in [1.29, 1.82) is 0 Å². The van der Waals surface area contributed by atoms with Crippen LogP contribution in [0.4, 0.5) is 5.69 Å². The van der Waals surface area contributed by atoms with Crippen LogP contribution in [0.5, 0.6) is 0 Å². The van der Waals surface area contributed by atoms with Crippen molar-refractivity contribution >= 4 is 82.6 Å². The highest BCUT2D eigenvalue weighted by atomic mass is 32.2. The molecule has 12 rings (SSSR count). The second-order valence-electron chi connectivity index (χ2n) is 14.6. The summed E-state index contributed by atoms with van der Waals surface area (Å²) in [7, 11) is 0. The summed E-state index contributed by atoms with van der Waals surface area (Å²) in [5.74, 6) is 0. The van der Waals surface area contributed by atoms with Crippen LogP contribution >= 0.6 is 11.8 Å². The van der Waals surface area contributed by atoms with Crippen LogP contribution in [-0.2, 0) is 0 Å². The molecule has 0 bridgehead atoms. The van der Waals surface area contributed by atoms with Crippen LogP contribution in [-0.4, -0.2) is 9.13 Å². The second-order valence-corrected chi connectivity index (χ2v) is 15.7. The molecule has 0 saturated carbocycles. The molecule has 55 heavy (non-hydrogen) atoms. The molecule has 11 aromatic rings. The molecule has 0 aliphatic carbocycles. The summed E-state index contributed by atoms with van der Waals surface area (Å²) >= 11 is 1.90. The molecule has 1 N–H and O–H groups in total. The van der Waals surface area contributed by atoms with E-state index in [1.807, 2.05) is 11.8 Å². The number of aromatic nitrogens is 2. The first kappa shape index (κ1) is 30.7. The summed E-state index contributed by atoms with van der Waals surface area (Å²) in [5, 5.41) is 14.2. The van der Waals surface area contributed by atoms with E-state index in [4.69, 9.17) is 0 Å². The van der Waals surface area contributed by atoms with E-state index in [0.717, 1.165) is 5.69 Å². The van der Waals surface area contributed by atoms with Gasteiger partial charge in [0, 0.05) is 43.2 Å². The highest BCUT2D eigenvalue weighted by Crippen LogP contribution is 2.51. The third-order valence-corrected chi connectivity index (χ3v) is 12.7. The lowest BCUT2D eigenvalue weighted by molar-refractivity contribution is 1.14. The minimum absolute atomic E-state index is 0.204. The van der Waals surface area contributed by atoms with Crippen molar-refractivity contribution in [2.24, 2.45) is 0 Å². The van der Waals surface area contributed by atoms with Gasteiger partial charge in [0.05, 0.1) is 27.8 Å². The first-order valence-electron chi connectivity index (χ1n) is 18.9. The second kappa shape index (κ2) is 11.9. The Hall–Kier alpha value is -6.75. The SMILES string of the molecule is c1ccc(C2Nc3c(ccc4ccc5cc(-n6c7ccccc7c7cc(-c8ccc9c(c8)c8ccccc8n9-c8ccccc8)ccc76)ccc5c34)S2)cc1. The van der Waals surface area contributed by atoms with Crippen molar-refractivity contribution in [3.8, 4) is 22.5 Å². The fourth-order valence-electron chi connectivity index (χ4n) is 9.01. The van der Waals surface area contributed by atoms with Gasteiger partial charge in [0.2, 0.25) is 0 Å². The molecule has 0 amide bonds. The van der Waals surface area contributed by atoms with Crippen LogP contribution in [0.1, 0.15) is 10.9 Å². The molecule has 2 aromatic heterocycles. The van der Waals surface area contributed by atoms with Gasteiger partial charge in [0.25, 0.3) is 0 Å². The average molecular weight is 720 g/mol. The number of hydrogen-bond acceptors (Lipinski definition) is 2. The Morgan fingerprint density at radius 1 is 0.400 bits per heavy atom. The van der Waals surface area contributed by atoms with Gasteiger partial charge in [-0.1, -0.05) is 133 Å². The smallest absolute Gasteiger partial charge is 0.103 e. The van der Waals surface area contributed by atoms with Crippen molar-refractivity contribution < 1.29 is 0 Å². The lowest BCUT2D eigenvalue weighted by Gasteiger charge is -2.14. The molecular formula is C51H33N3S. The van der Waals surface area contributed by atoms with Crippen LogP contribution in [0.25, 0.3) is 87.7 Å². The number of nitrogens with zero attached hydrogens (tertiary/aromatic N) is 2. The van der Waals surface area contributed by atoms with Crippen molar-refractivity contribution in [2.45, 2.75) is 10.3 Å². The van der Waals surface area contributed by atoms with E-state index in [0.29, 0.717) is 0 Å². The monoisotopic (exact) mass is 719 g/mol. The quantitative estimate of drug-likeness (QED) is 0.183. The maximum Gasteiger partial charge on any atom is 0.103 e. The molecule has 1 unspecified atom stereocenters. The Balaban J connectivity index is 0.989. The summed E-state index contributed by atoms with van der Waals surface area (Å²) in [6.07, 6.45) is 0. The minimum atomic E-state index is 0.204. The predicted octanol–water partition coefficient (Wildman–Crippen LogP) is 14.1. The Labute approximate surface area is 322 Å². The Kier molecular flexibility index (Phi) is 6.63. The average Bonchev–Trinajstić information content (AvgIpc) is 3.94. The van der Waals surface area contributed by atoms with E-state index < -0.39 is 0 Å². The number of hydrogen-bond donors (Lipinski definition) is 1. The Morgan fingerprint density at radius 3 is 1.65 bits per heavy atom. The molecule has 4 heteroatoms. The number of thioether (sulfide) groups is 1. The molecule has 9 aromatic carbocycles. The fourth-order valence-corrected chi connectivity index (χ4v) is 10.2. The van der Waals surface area contributed by atoms with Crippen LogP contribution in [0.2, 0.25) is 0 Å². The van der Waals surface area contributed by atoms with Gasteiger partial charge in [-0.3, -0.25) is 0 Å². The lowest BCUT2D eigenvalue weighted by atomic mass is 9.99. The highest BCUT2D eigenvalue weighted by Gasteiger charge is 2.25. The number of para-hydroxylation sites is 3. The molecule has 0 fully saturated rings. The number of rotatable bonds is 4. The lowest BCUT2D eigenvalue weighted by Crippen LogP contribution is -2.01. The van der Waals surface area contributed by atoms with Crippen molar-refractivity contribution in [2.75, 3.05) is 5.32 Å². The third kappa shape index (κ3) is 4.65. The van der Waals surface area contributed by atoms with Gasteiger partial charge >= 0.3 is 0 Å². The molecular weight excluding hydrogens is 687 g/mol. The molecule has 1 atom stereocenters. The van der Waals surface area contributed by atoms with E-state index in [1.165, 1.54) is 98.1 Å². The maximum atomic E-state index is 3.88. The van der Waals surface area contributed by atoms with Gasteiger partial charge in [-0.2, -0.15) is 0 Å². The highest BCUT2D eigenvalue weighted by molar-refractivity contribution is 8.00. The molecule has 3 nitrogen and oxygen atoms in total. The first-order chi connectivity index (χ1) is 27.3. The van der Waals surface area contributed by atoms with Crippen LogP contribution in [0, 0.1) is 0 Å². The van der Waals surface area contributed by atoms with Crippen molar-refractivity contribution in [3.05, 3.63) is 194 Å². The van der Waals surface area contributed by atoms with E-state index in [-0.39, 0.29) is 5.37 Å². The molecule has 3 heterocycles. The van der Waals surface area contributed by atoms with E-state index >= 15 is 0 Å². The molecule has 0 radical (unpaired) electrons. The molecule has 1 aliphatic rings. The summed E-state index contributed by atoms with van der Waals surface area (Å²) in [6.45, 7) is 0. The Bertz CT molecular complexity index is 3320. The molecule has 0 saturated heterocycles. The minimum Gasteiger partial charge on any atom is -0.368 e. The first-order valence-corrected chi connectivity index (χ1v) is 19.8. The zero-order chi connectivity index (χ0) is 36.0. The largest absolute Gasteiger partial charge is 0.368 e. The zero-order valence-corrected chi connectivity index (χ0v) is 30.6. The van der Waals surface area contributed by atoms with Crippen LogP contribution < -0.4 is 5.32 Å². The summed E-state index contributed by atoms with van der Waals surface area (Å²) in [6, 6.07) is 69.0. The number of fused-ring (bicyclic) bond motifs is 11. The number of benzene rings is 9. The number of anilines is 1. The summed E-state index contributed by atoms with van der Waals surface area (Å²) in [4.78, 5) is 1.30. The van der Waals surface area contributed by atoms with Crippen molar-refractivity contribution in [3.63, 3.8) is 0 Å². The molecule has 1 aliphatic heterocycles. The van der Waals surface area contributed by atoms with E-state index in [1.54, 1.807) is 0 Å². The number of nitrogens with one attached hydrogen (secondary N) is 1. The van der Waals surface area contributed by atoms with Gasteiger partial charge in [-0.25, -0.2) is 0 Å². The predicted molar refractivity (Wildman–Crippen MR) is 234 cm³/mol. The molecule has 0 spiro atoms. The van der Waals surface area contributed by atoms with Gasteiger partial charge in [-0.05, 0) is 99.6 Å². The normalized spacial score (nSPS) is 14.1. The van der Waals surface area contributed by atoms with Gasteiger partial charge < -0.3 is 14.5 Å². The summed E-state index contributed by atoms with van der Waals surface area (Å²) < 4.78 is 4.81.